The minimum Gasteiger partial charge on any atom is -0.339 e. The Balaban J connectivity index is 0.00000180. The van der Waals surface area contributed by atoms with Crippen LogP contribution >= 0.6 is 12.4 Å². The second kappa shape index (κ2) is 6.93. The van der Waals surface area contributed by atoms with Gasteiger partial charge in [-0.2, -0.15) is 5.26 Å². The summed E-state index contributed by atoms with van der Waals surface area (Å²) < 4.78 is 0. The van der Waals surface area contributed by atoms with Crippen molar-refractivity contribution in [2.45, 2.75) is 69.0 Å². The van der Waals surface area contributed by atoms with Crippen LogP contribution in [0.3, 0.4) is 0 Å². The molecule has 4 aliphatic carbocycles. The highest BCUT2D eigenvalue weighted by molar-refractivity contribution is 5.85. The summed E-state index contributed by atoms with van der Waals surface area (Å²) in [5.74, 6) is 2.31. The third-order valence-electron chi connectivity index (χ3n) is 7.96. The molecule has 4 bridgehead atoms. The summed E-state index contributed by atoms with van der Waals surface area (Å²) in [5.41, 5.74) is 0.103. The number of nitrogens with zero attached hydrogens (tertiary/aromatic N) is 3. The fourth-order valence-corrected chi connectivity index (χ4v) is 7.04. The Morgan fingerprint density at radius 3 is 2.59 bits per heavy atom. The van der Waals surface area contributed by atoms with Crippen molar-refractivity contribution in [2.75, 3.05) is 19.6 Å². The minimum absolute atomic E-state index is 0. The number of carbonyl (C=O) groups excluding carboxylic acids is 2. The van der Waals surface area contributed by atoms with Gasteiger partial charge in [-0.05, 0) is 62.7 Å². The molecule has 148 valence electrons. The molecule has 1 N–H and O–H groups in total. The minimum atomic E-state index is -0.233. The second-order valence-electron chi connectivity index (χ2n) is 9.16. The van der Waals surface area contributed by atoms with E-state index >= 15 is 0 Å². The fourth-order valence-electron chi connectivity index (χ4n) is 7.04. The van der Waals surface area contributed by atoms with Crippen LogP contribution in [0, 0.1) is 29.1 Å². The summed E-state index contributed by atoms with van der Waals surface area (Å²) in [4.78, 5) is 28.8. The molecule has 2 amide bonds. The number of hydrogen-bond acceptors (Lipinski definition) is 4. The van der Waals surface area contributed by atoms with Gasteiger partial charge in [0.15, 0.2) is 0 Å². The molecule has 0 aromatic heterocycles. The summed E-state index contributed by atoms with van der Waals surface area (Å²) in [7, 11) is 0. The molecule has 2 unspecified atom stereocenters. The van der Waals surface area contributed by atoms with E-state index in [-0.39, 0.29) is 29.9 Å². The van der Waals surface area contributed by atoms with Gasteiger partial charge < -0.3 is 15.1 Å². The van der Waals surface area contributed by atoms with Crippen LogP contribution in [0.5, 0.6) is 0 Å². The molecule has 0 radical (unpaired) electrons. The summed E-state index contributed by atoms with van der Waals surface area (Å²) in [6.45, 7) is 2.03. The molecule has 0 aromatic rings. The first-order valence-electron chi connectivity index (χ1n) is 10.3. The van der Waals surface area contributed by atoms with E-state index in [1.165, 1.54) is 12.8 Å². The second-order valence-corrected chi connectivity index (χ2v) is 9.16. The zero-order chi connectivity index (χ0) is 17.9. The number of hydrogen-bond donors (Lipinski definition) is 1. The van der Waals surface area contributed by atoms with Crippen molar-refractivity contribution in [1.29, 1.82) is 5.26 Å². The van der Waals surface area contributed by atoms with Crippen LogP contribution in [0.2, 0.25) is 0 Å². The molecule has 6 nitrogen and oxygen atoms in total. The zero-order valence-electron chi connectivity index (χ0n) is 15.7. The average Bonchev–Trinajstić information content (AvgIpc) is 3.36. The number of carbonyl (C=O) groups is 2. The molecule has 0 spiro atoms. The lowest BCUT2D eigenvalue weighted by Gasteiger charge is -2.43. The number of halogens is 1. The van der Waals surface area contributed by atoms with Crippen LogP contribution in [0.1, 0.15) is 51.4 Å². The van der Waals surface area contributed by atoms with Crippen molar-refractivity contribution in [2.24, 2.45) is 17.8 Å². The van der Waals surface area contributed by atoms with E-state index in [1.807, 2.05) is 0 Å². The Kier molecular flexibility index (Phi) is 4.88. The standard InChI is InChI=1S/C20H28N4O2.ClH/c21-11-16-3-1-5-23(16)18(26)12-22-20-9-13-7-15(20)8-14(10-20)19(13)24-6-2-4-17(24)25;/h13-16,19,22H,1-10,12H2;1H/t13?,14?,15?,16-,19?,20?;/m0./s1. The Labute approximate surface area is 167 Å². The number of likely N-dealkylation sites (tertiary alicyclic amines) is 2. The maximum atomic E-state index is 12.6. The highest BCUT2D eigenvalue weighted by Crippen LogP contribution is 2.61. The predicted octanol–water partition coefficient (Wildman–Crippen LogP) is 1.69. The van der Waals surface area contributed by atoms with Crippen LogP contribution in [-0.2, 0) is 9.59 Å². The van der Waals surface area contributed by atoms with Gasteiger partial charge in [-0.1, -0.05) is 0 Å². The third-order valence-corrected chi connectivity index (χ3v) is 7.96. The molecule has 2 heterocycles. The highest BCUT2D eigenvalue weighted by atomic mass is 35.5. The lowest BCUT2D eigenvalue weighted by atomic mass is 9.75. The number of nitrogens with one attached hydrogen (secondary N) is 1. The maximum Gasteiger partial charge on any atom is 0.237 e. The number of rotatable bonds is 4. The van der Waals surface area contributed by atoms with Crippen molar-refractivity contribution in [1.82, 2.24) is 15.1 Å². The van der Waals surface area contributed by atoms with Crippen molar-refractivity contribution in [3.63, 3.8) is 0 Å². The quantitative estimate of drug-likeness (QED) is 0.789. The fraction of sp³-hybridized carbons (Fsp3) is 0.850. The first-order valence-corrected chi connectivity index (χ1v) is 10.3. The molecule has 2 saturated heterocycles. The average molecular weight is 393 g/mol. The van der Waals surface area contributed by atoms with E-state index in [1.54, 1.807) is 4.90 Å². The lowest BCUT2D eigenvalue weighted by molar-refractivity contribution is -0.133. The van der Waals surface area contributed by atoms with Crippen LogP contribution in [0.25, 0.3) is 0 Å². The Bertz CT molecular complexity index is 661. The van der Waals surface area contributed by atoms with Crippen molar-refractivity contribution in [3.8, 4) is 6.07 Å². The monoisotopic (exact) mass is 392 g/mol. The van der Waals surface area contributed by atoms with Gasteiger partial charge in [0.05, 0.1) is 12.6 Å². The summed E-state index contributed by atoms with van der Waals surface area (Å²) in [6.07, 6.45) is 8.13. The van der Waals surface area contributed by atoms with E-state index in [0.717, 1.165) is 51.6 Å². The molecule has 27 heavy (non-hydrogen) atoms. The largest absolute Gasteiger partial charge is 0.339 e. The van der Waals surface area contributed by atoms with Gasteiger partial charge in [0.1, 0.15) is 6.04 Å². The Hall–Kier alpha value is -1.32. The first kappa shape index (κ1) is 19.0. The van der Waals surface area contributed by atoms with Gasteiger partial charge in [-0.25, -0.2) is 0 Å². The van der Waals surface area contributed by atoms with Crippen LogP contribution in [-0.4, -0.2) is 58.9 Å². The van der Waals surface area contributed by atoms with Gasteiger partial charge in [-0.3, -0.25) is 9.59 Å². The van der Waals surface area contributed by atoms with E-state index in [9.17, 15) is 14.9 Å². The van der Waals surface area contributed by atoms with Crippen LogP contribution < -0.4 is 5.32 Å². The first-order chi connectivity index (χ1) is 12.6. The van der Waals surface area contributed by atoms with Gasteiger partial charge in [-0.15, -0.1) is 12.4 Å². The molecule has 3 atom stereocenters. The van der Waals surface area contributed by atoms with Gasteiger partial charge in [0.2, 0.25) is 11.8 Å². The molecular formula is C20H29ClN4O2. The van der Waals surface area contributed by atoms with Crippen molar-refractivity contribution >= 4 is 24.2 Å². The SMILES string of the molecule is Cl.N#C[C@@H]1CCCN1C(=O)CNC12CC3CC1CC(C2)C3N1CCCC1=O. The predicted molar refractivity (Wildman–Crippen MR) is 102 cm³/mol. The molecule has 7 heteroatoms. The van der Waals surface area contributed by atoms with Crippen molar-refractivity contribution < 1.29 is 9.59 Å². The smallest absolute Gasteiger partial charge is 0.237 e. The Morgan fingerprint density at radius 1 is 1.22 bits per heavy atom. The van der Waals surface area contributed by atoms with E-state index in [2.05, 4.69) is 16.3 Å². The maximum absolute atomic E-state index is 12.6. The summed E-state index contributed by atoms with van der Waals surface area (Å²) in [6, 6.07) is 2.48. The van der Waals surface area contributed by atoms with E-state index in [4.69, 9.17) is 0 Å². The normalized spacial score (nSPS) is 41.9. The summed E-state index contributed by atoms with van der Waals surface area (Å²) in [5, 5.41) is 12.9. The van der Waals surface area contributed by atoms with E-state index in [0.29, 0.717) is 36.2 Å². The van der Waals surface area contributed by atoms with E-state index < -0.39 is 0 Å². The molecule has 0 aromatic carbocycles. The lowest BCUT2D eigenvalue weighted by Crippen LogP contribution is -2.54. The molecule has 4 saturated carbocycles. The molecule has 2 aliphatic heterocycles. The number of nitriles is 1. The van der Waals surface area contributed by atoms with Gasteiger partial charge >= 0.3 is 0 Å². The third kappa shape index (κ3) is 2.86. The molecular weight excluding hydrogens is 364 g/mol. The van der Waals surface area contributed by atoms with Crippen LogP contribution in [0.4, 0.5) is 0 Å². The molecule has 6 aliphatic rings. The Morgan fingerprint density at radius 2 is 1.96 bits per heavy atom. The van der Waals surface area contributed by atoms with Crippen LogP contribution in [0.15, 0.2) is 0 Å². The van der Waals surface area contributed by atoms with Crippen molar-refractivity contribution in [3.05, 3.63) is 0 Å². The number of amides is 2. The highest BCUT2D eigenvalue weighted by Gasteiger charge is 2.63. The van der Waals surface area contributed by atoms with Gasteiger partial charge in [0, 0.05) is 31.1 Å². The molecule has 6 rings (SSSR count). The van der Waals surface area contributed by atoms with Gasteiger partial charge in [0.25, 0.3) is 0 Å². The topological polar surface area (TPSA) is 76.4 Å². The molecule has 6 fully saturated rings. The zero-order valence-corrected chi connectivity index (χ0v) is 16.5. The summed E-state index contributed by atoms with van der Waals surface area (Å²) >= 11 is 0.